The highest BCUT2D eigenvalue weighted by Crippen LogP contribution is 2.68. The first-order chi connectivity index (χ1) is 18.6. The Bertz CT molecular complexity index is 1260. The summed E-state index contributed by atoms with van der Waals surface area (Å²) in [6, 6.07) is 7.44. The van der Waals surface area contributed by atoms with E-state index in [9.17, 15) is 20.1 Å². The number of nitrogens with one attached hydrogen (secondary N) is 1. The number of carbonyl (C=O) groups excluding carboxylic acids is 1. The van der Waals surface area contributed by atoms with Gasteiger partial charge in [-0.15, -0.1) is 10.2 Å². The van der Waals surface area contributed by atoms with Crippen LogP contribution in [0.1, 0.15) is 85.0 Å². The molecule has 6 rings (SSSR count). The molecule has 39 heavy (non-hydrogen) atoms. The second-order valence-corrected chi connectivity index (χ2v) is 13.9. The molecule has 1 aromatic carbocycles. The van der Waals surface area contributed by atoms with Gasteiger partial charge in [-0.3, -0.25) is 4.79 Å². The van der Waals surface area contributed by atoms with Crippen LogP contribution in [0.2, 0.25) is 0 Å². The number of hydrogen-bond donors (Lipinski definition) is 4. The van der Waals surface area contributed by atoms with Gasteiger partial charge in [0.15, 0.2) is 5.69 Å². The Kier molecular flexibility index (Phi) is 6.90. The Balaban J connectivity index is 1.11. The van der Waals surface area contributed by atoms with Gasteiger partial charge in [0.25, 0.3) is 5.91 Å². The molecule has 0 bridgehead atoms. The Hall–Kier alpha value is -2.25. The van der Waals surface area contributed by atoms with E-state index >= 15 is 0 Å². The molecule has 4 N–H and O–H groups in total. The van der Waals surface area contributed by atoms with Crippen LogP contribution in [0.4, 0.5) is 5.69 Å². The Morgan fingerprint density at radius 2 is 1.79 bits per heavy atom. The summed E-state index contributed by atoms with van der Waals surface area (Å²) in [5, 5.41) is 40.8. The Labute approximate surface area is 231 Å². The van der Waals surface area contributed by atoms with Crippen molar-refractivity contribution in [2.75, 3.05) is 0 Å². The predicted octanol–water partition coefficient (Wildman–Crippen LogP) is 6.89. The molecule has 4 fully saturated rings. The molecule has 0 radical (unpaired) electrons. The highest BCUT2D eigenvalue weighted by atomic mass is 16.3. The number of H-pyrrole nitrogens is 1. The van der Waals surface area contributed by atoms with Crippen molar-refractivity contribution in [3.8, 4) is 5.88 Å². The van der Waals surface area contributed by atoms with Gasteiger partial charge >= 0.3 is 0 Å². The maximum absolute atomic E-state index is 12.7. The molecule has 10 atom stereocenters. The van der Waals surface area contributed by atoms with Crippen LogP contribution < -0.4 is 0 Å². The summed E-state index contributed by atoms with van der Waals surface area (Å²) in [6.07, 6.45) is 9.03. The zero-order chi connectivity index (χ0) is 27.5. The molecule has 4 saturated carbocycles. The predicted molar refractivity (Wildman–Crippen MR) is 150 cm³/mol. The fourth-order valence-electron chi connectivity index (χ4n) is 10.1. The van der Waals surface area contributed by atoms with Gasteiger partial charge in [-0.25, -0.2) is 0 Å². The molecule has 7 heteroatoms. The number of aromatic amines is 1. The van der Waals surface area contributed by atoms with E-state index in [2.05, 4.69) is 36.0 Å². The van der Waals surface area contributed by atoms with E-state index < -0.39 is 0 Å². The third-order valence-electron chi connectivity index (χ3n) is 12.2. The van der Waals surface area contributed by atoms with Crippen LogP contribution in [0, 0.1) is 46.3 Å². The van der Waals surface area contributed by atoms with Crippen molar-refractivity contribution in [3.05, 3.63) is 24.3 Å². The smallest absolute Gasteiger partial charge is 0.264 e. The van der Waals surface area contributed by atoms with E-state index in [1.807, 2.05) is 24.3 Å². The molecule has 0 saturated heterocycles. The third-order valence-corrected chi connectivity index (χ3v) is 12.2. The minimum atomic E-state index is -0.264. The molecule has 212 valence electrons. The summed E-state index contributed by atoms with van der Waals surface area (Å²) >= 11 is 0. The number of para-hydroxylation sites is 1. The number of fused-ring (bicyclic) bond motifs is 6. The zero-order valence-electron chi connectivity index (χ0n) is 23.6. The summed E-state index contributed by atoms with van der Waals surface area (Å²) in [4.78, 5) is 15.6. The number of hydrogen-bond acceptors (Lipinski definition) is 5. The van der Waals surface area contributed by atoms with Gasteiger partial charge in [0.1, 0.15) is 0 Å². The van der Waals surface area contributed by atoms with E-state index in [0.717, 1.165) is 49.4 Å². The SMILES string of the molecule is C[C@H](CCC(=O)N=Nc1c(O)[nH]c2ccccc12)[C@@H]1CC[C@@H]2[C@H]3[C@H](O)C[C@H]4C[C@@H](O)CC[C@@]4(C)[C@H]3CC[C@@]21C. The zero-order valence-corrected chi connectivity index (χ0v) is 23.6. The van der Waals surface area contributed by atoms with Crippen molar-refractivity contribution in [1.82, 2.24) is 4.98 Å². The molecule has 4 aliphatic rings. The van der Waals surface area contributed by atoms with Gasteiger partial charge < -0.3 is 20.3 Å². The monoisotopic (exact) mass is 535 g/mol. The Morgan fingerprint density at radius 1 is 1.05 bits per heavy atom. The summed E-state index contributed by atoms with van der Waals surface area (Å²) in [6.45, 7) is 7.22. The molecule has 2 aromatic rings. The minimum Gasteiger partial charge on any atom is -0.493 e. The van der Waals surface area contributed by atoms with Crippen molar-refractivity contribution in [2.24, 2.45) is 56.6 Å². The standard InChI is InChI=1S/C32H45N3O4/c1-18(8-11-27(38)34-35-29-21-6-4-5-7-25(21)33-30(29)39)22-9-10-23-28-24(13-15-32(22,23)3)31(2)14-12-20(36)16-19(31)17-26(28)37/h4-7,18-20,22-24,26,28,33,36-37,39H,8-17H2,1-3H3/t18-,19-,20+,22+,23-,24+,26-,28-,31-,32-/m1/s1. The number of azo groups is 1. The van der Waals surface area contributed by atoms with Crippen molar-refractivity contribution >= 4 is 22.5 Å². The maximum atomic E-state index is 12.7. The third kappa shape index (κ3) is 4.44. The highest BCUT2D eigenvalue weighted by molar-refractivity contribution is 5.94. The molecule has 0 aliphatic heterocycles. The average Bonchev–Trinajstić information content (AvgIpc) is 3.42. The first-order valence-corrected chi connectivity index (χ1v) is 15.2. The molecular weight excluding hydrogens is 490 g/mol. The lowest BCUT2D eigenvalue weighted by molar-refractivity contribution is -0.174. The van der Waals surface area contributed by atoms with Crippen LogP contribution in [-0.4, -0.2) is 38.4 Å². The van der Waals surface area contributed by atoms with Crippen molar-refractivity contribution in [2.45, 2.75) is 97.2 Å². The lowest BCUT2D eigenvalue weighted by atomic mass is 9.43. The maximum Gasteiger partial charge on any atom is 0.264 e. The fourth-order valence-corrected chi connectivity index (χ4v) is 10.1. The number of aromatic nitrogens is 1. The number of benzene rings is 1. The molecule has 1 heterocycles. The molecular formula is C32H45N3O4. The molecule has 1 aromatic heterocycles. The van der Waals surface area contributed by atoms with Gasteiger partial charge in [-0.05, 0) is 110 Å². The van der Waals surface area contributed by atoms with Crippen LogP contribution in [-0.2, 0) is 4.79 Å². The number of aromatic hydroxyl groups is 1. The van der Waals surface area contributed by atoms with Gasteiger partial charge in [-0.1, -0.05) is 39.0 Å². The van der Waals surface area contributed by atoms with Crippen LogP contribution in [0.15, 0.2) is 34.5 Å². The molecule has 4 aliphatic carbocycles. The topological polar surface area (TPSA) is 118 Å². The van der Waals surface area contributed by atoms with Crippen molar-refractivity contribution in [1.29, 1.82) is 0 Å². The summed E-state index contributed by atoms with van der Waals surface area (Å²) < 4.78 is 0. The van der Waals surface area contributed by atoms with E-state index in [-0.39, 0.29) is 34.8 Å². The average molecular weight is 536 g/mol. The van der Waals surface area contributed by atoms with Gasteiger partial charge in [0, 0.05) is 11.8 Å². The normalized spacial score (nSPS) is 40.8. The minimum absolute atomic E-state index is 0.0730. The van der Waals surface area contributed by atoms with E-state index in [1.54, 1.807) is 0 Å². The van der Waals surface area contributed by atoms with Crippen molar-refractivity contribution in [3.63, 3.8) is 0 Å². The Morgan fingerprint density at radius 3 is 2.62 bits per heavy atom. The first-order valence-electron chi connectivity index (χ1n) is 15.2. The second kappa shape index (κ2) is 9.99. The number of nitrogens with zero attached hydrogens (tertiary/aromatic N) is 2. The number of aliphatic hydroxyl groups is 2. The quantitative estimate of drug-likeness (QED) is 0.312. The number of carbonyl (C=O) groups is 1. The van der Waals surface area contributed by atoms with E-state index in [0.29, 0.717) is 47.6 Å². The molecule has 0 spiro atoms. The van der Waals surface area contributed by atoms with Crippen LogP contribution in [0.3, 0.4) is 0 Å². The van der Waals surface area contributed by atoms with Gasteiger partial charge in [0.2, 0.25) is 5.88 Å². The van der Waals surface area contributed by atoms with Crippen molar-refractivity contribution < 1.29 is 20.1 Å². The summed E-state index contributed by atoms with van der Waals surface area (Å²) in [5.41, 5.74) is 1.51. The lowest BCUT2D eigenvalue weighted by Gasteiger charge is -2.62. The van der Waals surface area contributed by atoms with Crippen LogP contribution in [0.5, 0.6) is 5.88 Å². The number of rotatable bonds is 5. The summed E-state index contributed by atoms with van der Waals surface area (Å²) in [7, 11) is 0. The lowest BCUT2D eigenvalue weighted by Crippen LogP contribution is -2.58. The fraction of sp³-hybridized carbons (Fsp3) is 0.719. The number of aliphatic hydroxyl groups excluding tert-OH is 2. The second-order valence-electron chi connectivity index (χ2n) is 13.9. The van der Waals surface area contributed by atoms with E-state index in [4.69, 9.17) is 0 Å². The van der Waals surface area contributed by atoms with E-state index in [1.165, 1.54) is 19.3 Å². The number of amides is 1. The van der Waals surface area contributed by atoms with Gasteiger partial charge in [0.05, 0.1) is 17.7 Å². The largest absolute Gasteiger partial charge is 0.493 e. The highest BCUT2D eigenvalue weighted by Gasteiger charge is 2.62. The van der Waals surface area contributed by atoms with Crippen LogP contribution >= 0.6 is 0 Å². The van der Waals surface area contributed by atoms with Crippen LogP contribution in [0.25, 0.3) is 10.9 Å². The summed E-state index contributed by atoms with van der Waals surface area (Å²) in [5.74, 6) is 2.48. The van der Waals surface area contributed by atoms with Gasteiger partial charge in [-0.2, -0.15) is 0 Å². The molecule has 7 nitrogen and oxygen atoms in total. The molecule has 0 unspecified atom stereocenters. The molecule has 1 amide bonds. The first kappa shape index (κ1) is 26.9.